The second kappa shape index (κ2) is 9.98. The lowest BCUT2D eigenvalue weighted by atomic mass is 10.1. The van der Waals surface area contributed by atoms with Crippen molar-refractivity contribution >= 4 is 17.5 Å². The van der Waals surface area contributed by atoms with Gasteiger partial charge in [-0.25, -0.2) is 0 Å². The van der Waals surface area contributed by atoms with E-state index in [0.29, 0.717) is 29.5 Å². The molecule has 160 valence electrons. The lowest BCUT2D eigenvalue weighted by molar-refractivity contribution is -0.881. The lowest BCUT2D eigenvalue weighted by Gasteiger charge is -2.19. The third-order valence-corrected chi connectivity index (χ3v) is 4.98. The highest BCUT2D eigenvalue weighted by molar-refractivity contribution is 5.93. The summed E-state index contributed by atoms with van der Waals surface area (Å²) in [6, 6.07) is 12.7. The van der Waals surface area contributed by atoms with Crippen LogP contribution in [0.2, 0.25) is 0 Å². The van der Waals surface area contributed by atoms with Crippen LogP contribution in [0.4, 0.5) is 5.69 Å². The molecule has 0 fully saturated rings. The smallest absolute Gasteiger partial charge is 0.279 e. The Morgan fingerprint density at radius 1 is 1.10 bits per heavy atom. The number of hydrogen-bond acceptors (Lipinski definition) is 5. The fraction of sp³-hybridized carbons (Fsp3) is 0.364. The van der Waals surface area contributed by atoms with Crippen molar-refractivity contribution in [1.82, 2.24) is 5.32 Å². The van der Waals surface area contributed by atoms with Gasteiger partial charge in [-0.1, -0.05) is 18.2 Å². The molecule has 2 aromatic rings. The van der Waals surface area contributed by atoms with Crippen molar-refractivity contribution in [2.45, 2.75) is 19.9 Å². The van der Waals surface area contributed by atoms with E-state index in [2.05, 4.69) is 10.6 Å². The van der Waals surface area contributed by atoms with Gasteiger partial charge in [-0.15, -0.1) is 0 Å². The first-order chi connectivity index (χ1) is 14.5. The van der Waals surface area contributed by atoms with Gasteiger partial charge in [0.1, 0.15) is 5.75 Å². The highest BCUT2D eigenvalue weighted by Crippen LogP contribution is 2.34. The van der Waals surface area contributed by atoms with Crippen LogP contribution in [0.15, 0.2) is 42.5 Å². The van der Waals surface area contributed by atoms with Crippen LogP contribution in [-0.4, -0.2) is 45.4 Å². The van der Waals surface area contributed by atoms with Crippen molar-refractivity contribution < 1.29 is 28.7 Å². The van der Waals surface area contributed by atoms with Crippen LogP contribution < -0.4 is 29.7 Å². The number of hydrogen-bond donors (Lipinski definition) is 3. The molecule has 2 aromatic carbocycles. The van der Waals surface area contributed by atoms with Gasteiger partial charge in [-0.05, 0) is 43.7 Å². The van der Waals surface area contributed by atoms with Crippen molar-refractivity contribution in [3.8, 4) is 17.2 Å². The zero-order valence-corrected chi connectivity index (χ0v) is 17.5. The summed E-state index contributed by atoms with van der Waals surface area (Å²) in [6.07, 6.45) is 0. The summed E-state index contributed by atoms with van der Waals surface area (Å²) < 4.78 is 16.0. The van der Waals surface area contributed by atoms with E-state index in [9.17, 15) is 9.59 Å². The molecular formula is C22H28N3O5+. The molecule has 0 bridgehead atoms. The molecule has 3 rings (SSSR count). The van der Waals surface area contributed by atoms with Gasteiger partial charge in [-0.3, -0.25) is 9.59 Å². The van der Waals surface area contributed by atoms with Crippen LogP contribution in [0.1, 0.15) is 25.5 Å². The topological polar surface area (TPSA) is 90.3 Å². The first-order valence-electron chi connectivity index (χ1n) is 9.95. The maximum Gasteiger partial charge on any atom is 0.279 e. The molecule has 2 amide bonds. The molecule has 2 atom stereocenters. The number of benzene rings is 2. The number of carbonyl (C=O) groups excluding carboxylic acids is 2. The Kier molecular flexibility index (Phi) is 7.13. The molecule has 8 heteroatoms. The van der Waals surface area contributed by atoms with Gasteiger partial charge in [0.15, 0.2) is 24.6 Å². The molecular weight excluding hydrogens is 386 g/mol. The fourth-order valence-electron chi connectivity index (χ4n) is 3.27. The number of para-hydroxylation sites is 2. The van der Waals surface area contributed by atoms with Crippen LogP contribution in [-0.2, 0) is 9.59 Å². The summed E-state index contributed by atoms with van der Waals surface area (Å²) in [5.41, 5.74) is 1.54. The second-order valence-electron chi connectivity index (χ2n) is 7.11. The van der Waals surface area contributed by atoms with Gasteiger partial charge in [0, 0.05) is 0 Å². The molecule has 0 aromatic heterocycles. The first kappa shape index (κ1) is 21.4. The third-order valence-electron chi connectivity index (χ3n) is 4.98. The van der Waals surface area contributed by atoms with E-state index >= 15 is 0 Å². The van der Waals surface area contributed by atoms with E-state index in [-0.39, 0.29) is 37.7 Å². The Balaban J connectivity index is 1.52. The number of rotatable bonds is 9. The Morgan fingerprint density at radius 2 is 1.83 bits per heavy atom. The Labute approximate surface area is 176 Å². The number of likely N-dealkylation sites (N-methyl/N-ethyl adjacent to an activating group) is 1. The van der Waals surface area contributed by atoms with Gasteiger partial charge in [-0.2, -0.15) is 0 Å². The monoisotopic (exact) mass is 414 g/mol. The van der Waals surface area contributed by atoms with Crippen molar-refractivity contribution in [3.63, 3.8) is 0 Å². The number of carbonyl (C=O) groups is 2. The molecule has 8 nitrogen and oxygen atoms in total. The minimum Gasteiger partial charge on any atom is -0.495 e. The van der Waals surface area contributed by atoms with Crippen molar-refractivity contribution in [2.75, 3.05) is 38.9 Å². The standard InChI is InChI=1S/C22H27N3O5/c1-4-25(13-22(27)24-17-7-5-6-8-18(17)28-3)12-21(26)23-15(2)16-9-10-19-20(11-16)30-14-29-19/h5-11,15H,4,12-14H2,1-3H3,(H,23,26)(H,24,27)/p+1/t15-/m1/s1. The molecule has 1 aliphatic rings. The summed E-state index contributed by atoms with van der Waals surface area (Å²) >= 11 is 0. The summed E-state index contributed by atoms with van der Waals surface area (Å²) in [5.74, 6) is 1.69. The lowest BCUT2D eigenvalue weighted by Crippen LogP contribution is -3.14. The predicted octanol–water partition coefficient (Wildman–Crippen LogP) is 1.14. The molecule has 1 unspecified atom stereocenters. The molecule has 0 spiro atoms. The van der Waals surface area contributed by atoms with Gasteiger partial charge >= 0.3 is 0 Å². The van der Waals surface area contributed by atoms with Gasteiger partial charge in [0.05, 0.1) is 25.4 Å². The van der Waals surface area contributed by atoms with Crippen LogP contribution in [0.25, 0.3) is 0 Å². The number of fused-ring (bicyclic) bond motifs is 1. The maximum atomic E-state index is 12.5. The van der Waals surface area contributed by atoms with E-state index in [0.717, 1.165) is 10.5 Å². The molecule has 3 N–H and O–H groups in total. The number of amides is 2. The number of ether oxygens (including phenoxy) is 3. The average Bonchev–Trinajstić information content (AvgIpc) is 3.21. The summed E-state index contributed by atoms with van der Waals surface area (Å²) in [7, 11) is 1.56. The van der Waals surface area contributed by atoms with E-state index in [4.69, 9.17) is 14.2 Å². The minimum atomic E-state index is -0.187. The highest BCUT2D eigenvalue weighted by Gasteiger charge is 2.20. The largest absolute Gasteiger partial charge is 0.495 e. The summed E-state index contributed by atoms with van der Waals surface area (Å²) in [4.78, 5) is 25.8. The van der Waals surface area contributed by atoms with Gasteiger partial charge < -0.3 is 29.7 Å². The molecule has 0 saturated carbocycles. The van der Waals surface area contributed by atoms with Crippen molar-refractivity contribution in [3.05, 3.63) is 48.0 Å². The molecule has 30 heavy (non-hydrogen) atoms. The number of nitrogens with one attached hydrogen (secondary N) is 3. The molecule has 0 saturated heterocycles. The number of anilines is 1. The quantitative estimate of drug-likeness (QED) is 0.573. The van der Waals surface area contributed by atoms with Crippen LogP contribution in [0.3, 0.4) is 0 Å². The fourth-order valence-corrected chi connectivity index (χ4v) is 3.27. The highest BCUT2D eigenvalue weighted by atomic mass is 16.7. The first-order valence-corrected chi connectivity index (χ1v) is 9.95. The second-order valence-corrected chi connectivity index (χ2v) is 7.11. The molecule has 0 aliphatic carbocycles. The van der Waals surface area contributed by atoms with Gasteiger partial charge in [0.2, 0.25) is 6.79 Å². The van der Waals surface area contributed by atoms with E-state index in [1.54, 1.807) is 19.2 Å². The van der Waals surface area contributed by atoms with Gasteiger partial charge in [0.25, 0.3) is 11.8 Å². The summed E-state index contributed by atoms with van der Waals surface area (Å²) in [5, 5.41) is 5.83. The normalized spacial score (nSPS) is 14.0. The number of quaternary nitrogens is 1. The Bertz CT molecular complexity index is 902. The molecule has 1 aliphatic heterocycles. The van der Waals surface area contributed by atoms with Crippen LogP contribution in [0, 0.1) is 0 Å². The zero-order chi connectivity index (χ0) is 21.5. The average molecular weight is 414 g/mol. The van der Waals surface area contributed by atoms with Crippen LogP contribution >= 0.6 is 0 Å². The predicted molar refractivity (Wildman–Crippen MR) is 112 cm³/mol. The van der Waals surface area contributed by atoms with E-state index in [1.807, 2.05) is 44.2 Å². The van der Waals surface area contributed by atoms with Crippen molar-refractivity contribution in [2.24, 2.45) is 0 Å². The maximum absolute atomic E-state index is 12.5. The van der Waals surface area contributed by atoms with Crippen LogP contribution in [0.5, 0.6) is 17.2 Å². The Hall–Kier alpha value is -3.26. The SMILES string of the molecule is CC[NH+](CC(=O)Nc1ccccc1OC)CC(=O)N[C@H](C)c1ccc2c(c1)OCO2. The Morgan fingerprint density at radius 3 is 2.60 bits per heavy atom. The van der Waals surface area contributed by atoms with Crippen molar-refractivity contribution in [1.29, 1.82) is 0 Å². The minimum absolute atomic E-state index is 0.123. The third kappa shape index (κ3) is 5.42. The summed E-state index contributed by atoms with van der Waals surface area (Å²) in [6.45, 7) is 5.09. The molecule has 0 radical (unpaired) electrons. The zero-order valence-electron chi connectivity index (χ0n) is 17.5. The van der Waals surface area contributed by atoms with E-state index in [1.165, 1.54) is 0 Å². The van der Waals surface area contributed by atoms with E-state index < -0.39 is 0 Å². The number of methoxy groups -OCH3 is 1. The molecule has 1 heterocycles.